The number of hydrogen-bond donors (Lipinski definition) is 2. The van der Waals surface area contributed by atoms with E-state index in [9.17, 15) is 4.79 Å². The molecule has 0 spiro atoms. The molecule has 5 nitrogen and oxygen atoms in total. The van der Waals surface area contributed by atoms with Gasteiger partial charge in [0.2, 0.25) is 5.89 Å². The van der Waals surface area contributed by atoms with E-state index in [1.54, 1.807) is 0 Å². The van der Waals surface area contributed by atoms with Crippen molar-refractivity contribution >= 4 is 0 Å². The van der Waals surface area contributed by atoms with Crippen molar-refractivity contribution in [1.82, 2.24) is 15.5 Å². The van der Waals surface area contributed by atoms with Crippen molar-refractivity contribution in [1.29, 1.82) is 0 Å². The second-order valence-electron chi connectivity index (χ2n) is 2.99. The van der Waals surface area contributed by atoms with E-state index >= 15 is 0 Å². The van der Waals surface area contributed by atoms with Crippen LogP contribution in [0, 0.1) is 0 Å². The minimum absolute atomic E-state index is 0.262. The van der Waals surface area contributed by atoms with Gasteiger partial charge in [-0.1, -0.05) is 0 Å². The Morgan fingerprint density at radius 3 is 3.08 bits per heavy atom. The van der Waals surface area contributed by atoms with E-state index < -0.39 is 5.76 Å². The molecule has 1 fully saturated rings. The molecule has 1 aromatic heterocycles. The molecule has 1 saturated heterocycles. The largest absolute Gasteiger partial charge is 0.434 e. The first-order valence-corrected chi connectivity index (χ1v) is 4.12. The van der Waals surface area contributed by atoms with E-state index in [-0.39, 0.29) is 5.92 Å². The van der Waals surface area contributed by atoms with Crippen LogP contribution < -0.4 is 11.1 Å². The first-order chi connectivity index (χ1) is 5.86. The van der Waals surface area contributed by atoms with Gasteiger partial charge in [0.1, 0.15) is 0 Å². The Balaban J connectivity index is 2.13. The SMILES string of the molecule is O=c1[nH]nc([C@H]2CCCNC2)o1. The molecular weight excluding hydrogens is 158 g/mol. The van der Waals surface area contributed by atoms with Crippen LogP contribution in [0.4, 0.5) is 0 Å². The molecule has 0 unspecified atom stereocenters. The van der Waals surface area contributed by atoms with Crippen molar-refractivity contribution in [2.45, 2.75) is 18.8 Å². The Morgan fingerprint density at radius 2 is 2.50 bits per heavy atom. The van der Waals surface area contributed by atoms with Gasteiger partial charge in [-0.15, -0.1) is 5.10 Å². The summed E-state index contributed by atoms with van der Waals surface area (Å²) >= 11 is 0. The maximum absolute atomic E-state index is 10.6. The van der Waals surface area contributed by atoms with Gasteiger partial charge in [-0.3, -0.25) is 0 Å². The zero-order valence-electron chi connectivity index (χ0n) is 6.67. The van der Waals surface area contributed by atoms with E-state index in [0.29, 0.717) is 5.89 Å². The molecular formula is C7H11N3O2. The summed E-state index contributed by atoms with van der Waals surface area (Å²) in [6, 6.07) is 0. The van der Waals surface area contributed by atoms with Crippen molar-refractivity contribution in [2.75, 3.05) is 13.1 Å². The molecule has 2 N–H and O–H groups in total. The lowest BCUT2D eigenvalue weighted by Gasteiger charge is -2.18. The zero-order chi connectivity index (χ0) is 8.39. The zero-order valence-corrected chi connectivity index (χ0v) is 6.67. The highest BCUT2D eigenvalue weighted by Crippen LogP contribution is 2.19. The van der Waals surface area contributed by atoms with Gasteiger partial charge in [-0.2, -0.15) is 0 Å². The van der Waals surface area contributed by atoms with Crippen molar-refractivity contribution < 1.29 is 4.42 Å². The van der Waals surface area contributed by atoms with Crippen LogP contribution in [0.3, 0.4) is 0 Å². The van der Waals surface area contributed by atoms with E-state index in [4.69, 9.17) is 4.42 Å². The summed E-state index contributed by atoms with van der Waals surface area (Å²) in [5.41, 5.74) is 0. The van der Waals surface area contributed by atoms with E-state index in [1.165, 1.54) is 0 Å². The summed E-state index contributed by atoms with van der Waals surface area (Å²) in [6.07, 6.45) is 2.15. The Bertz CT molecular complexity index is 298. The number of piperidine rings is 1. The summed E-state index contributed by atoms with van der Waals surface area (Å²) in [7, 11) is 0. The summed E-state index contributed by atoms with van der Waals surface area (Å²) in [4.78, 5) is 10.6. The second kappa shape index (κ2) is 3.10. The molecule has 5 heteroatoms. The molecule has 1 atom stereocenters. The van der Waals surface area contributed by atoms with Gasteiger partial charge in [-0.25, -0.2) is 9.89 Å². The van der Waals surface area contributed by atoms with Gasteiger partial charge >= 0.3 is 5.76 Å². The third-order valence-corrected chi connectivity index (χ3v) is 2.10. The minimum Gasteiger partial charge on any atom is -0.392 e. The normalized spacial score (nSPS) is 24.2. The van der Waals surface area contributed by atoms with Gasteiger partial charge in [0.25, 0.3) is 0 Å². The molecule has 0 saturated carbocycles. The van der Waals surface area contributed by atoms with Crippen LogP contribution in [0.1, 0.15) is 24.7 Å². The molecule has 0 bridgehead atoms. The van der Waals surface area contributed by atoms with Crippen molar-refractivity contribution in [3.63, 3.8) is 0 Å². The van der Waals surface area contributed by atoms with Crippen molar-refractivity contribution in [3.05, 3.63) is 16.4 Å². The smallest absolute Gasteiger partial charge is 0.392 e. The highest BCUT2D eigenvalue weighted by molar-refractivity contribution is 4.91. The number of nitrogens with zero attached hydrogens (tertiary/aromatic N) is 1. The predicted molar refractivity (Wildman–Crippen MR) is 42.0 cm³/mol. The lowest BCUT2D eigenvalue weighted by atomic mass is 10.00. The molecule has 1 aromatic rings. The second-order valence-corrected chi connectivity index (χ2v) is 2.99. The molecule has 2 heterocycles. The maximum Gasteiger partial charge on any atom is 0.434 e. The summed E-state index contributed by atoms with van der Waals surface area (Å²) in [5, 5.41) is 9.29. The lowest BCUT2D eigenvalue weighted by molar-refractivity contribution is 0.366. The third-order valence-electron chi connectivity index (χ3n) is 2.10. The van der Waals surface area contributed by atoms with E-state index in [2.05, 4.69) is 15.5 Å². The third kappa shape index (κ3) is 1.40. The van der Waals surface area contributed by atoms with Crippen LogP contribution in [0.5, 0.6) is 0 Å². The Morgan fingerprint density at radius 1 is 1.58 bits per heavy atom. The van der Waals surface area contributed by atoms with Crippen LogP contribution in [0.25, 0.3) is 0 Å². The molecule has 1 aliphatic rings. The topological polar surface area (TPSA) is 70.9 Å². The van der Waals surface area contributed by atoms with Crippen molar-refractivity contribution in [3.8, 4) is 0 Å². The monoisotopic (exact) mass is 169 g/mol. The summed E-state index contributed by atoms with van der Waals surface area (Å²) in [5.74, 6) is 0.334. The number of rotatable bonds is 1. The van der Waals surface area contributed by atoms with Gasteiger partial charge in [0, 0.05) is 12.5 Å². The molecule has 12 heavy (non-hydrogen) atoms. The summed E-state index contributed by atoms with van der Waals surface area (Å²) in [6.45, 7) is 1.90. The highest BCUT2D eigenvalue weighted by Gasteiger charge is 2.19. The Kier molecular flexibility index (Phi) is 1.95. The van der Waals surface area contributed by atoms with Crippen LogP contribution in [-0.2, 0) is 0 Å². The molecule has 0 aromatic carbocycles. The number of hydrogen-bond acceptors (Lipinski definition) is 4. The molecule has 66 valence electrons. The van der Waals surface area contributed by atoms with Gasteiger partial charge in [0.15, 0.2) is 0 Å². The molecule has 1 aliphatic heterocycles. The van der Waals surface area contributed by atoms with Crippen LogP contribution in [0.15, 0.2) is 9.21 Å². The lowest BCUT2D eigenvalue weighted by Crippen LogP contribution is -2.28. The fourth-order valence-corrected chi connectivity index (χ4v) is 1.48. The molecule has 0 amide bonds. The average molecular weight is 169 g/mol. The number of aromatic amines is 1. The number of H-pyrrole nitrogens is 1. The predicted octanol–water partition coefficient (Wildman–Crippen LogP) is -0.170. The molecule has 0 radical (unpaired) electrons. The average Bonchev–Trinajstić information content (AvgIpc) is 2.54. The van der Waals surface area contributed by atoms with Crippen LogP contribution >= 0.6 is 0 Å². The number of nitrogens with one attached hydrogen (secondary N) is 2. The minimum atomic E-state index is -0.462. The Hall–Kier alpha value is -1.10. The van der Waals surface area contributed by atoms with Gasteiger partial charge < -0.3 is 9.73 Å². The quantitative estimate of drug-likeness (QED) is 0.612. The van der Waals surface area contributed by atoms with Crippen LogP contribution in [-0.4, -0.2) is 23.3 Å². The maximum atomic E-state index is 10.6. The number of aromatic nitrogens is 2. The first-order valence-electron chi connectivity index (χ1n) is 4.12. The molecule has 2 rings (SSSR count). The van der Waals surface area contributed by atoms with E-state index in [0.717, 1.165) is 25.9 Å². The van der Waals surface area contributed by atoms with E-state index in [1.807, 2.05) is 0 Å². The van der Waals surface area contributed by atoms with Crippen molar-refractivity contribution in [2.24, 2.45) is 0 Å². The van der Waals surface area contributed by atoms with Crippen LogP contribution in [0.2, 0.25) is 0 Å². The van der Waals surface area contributed by atoms with Gasteiger partial charge in [0.05, 0.1) is 0 Å². The Labute approximate surface area is 69.2 Å². The first kappa shape index (κ1) is 7.54. The molecule has 0 aliphatic carbocycles. The fraction of sp³-hybridized carbons (Fsp3) is 0.714. The highest BCUT2D eigenvalue weighted by atomic mass is 16.4. The standard InChI is InChI=1S/C7H11N3O2/c11-7-10-9-6(12-7)5-2-1-3-8-4-5/h5,8H,1-4H2,(H,10,11)/t5-/m0/s1. The summed E-state index contributed by atoms with van der Waals surface area (Å²) < 4.78 is 4.86. The van der Waals surface area contributed by atoms with Gasteiger partial charge in [-0.05, 0) is 19.4 Å². The fourth-order valence-electron chi connectivity index (χ4n) is 1.48.